The number of alkyl halides is 3. The second kappa shape index (κ2) is 5.73. The van der Waals surface area contributed by atoms with Crippen LogP contribution in [0.25, 0.3) is 0 Å². The highest BCUT2D eigenvalue weighted by Crippen LogP contribution is 2.36. The highest BCUT2D eigenvalue weighted by atomic mass is 19.4. The number of ketones is 3. The van der Waals surface area contributed by atoms with E-state index < -0.39 is 29.1 Å². The zero-order valence-electron chi connectivity index (χ0n) is 12.7. The molecule has 1 aliphatic carbocycles. The lowest BCUT2D eigenvalue weighted by molar-refractivity contribution is -0.136. The molecular formula is C17H10F3NO4. The molecule has 1 heterocycles. The Kier molecular flexibility index (Phi) is 3.82. The van der Waals surface area contributed by atoms with Crippen LogP contribution in [0.2, 0.25) is 0 Å². The first-order valence-corrected chi connectivity index (χ1v) is 7.07. The Morgan fingerprint density at radius 1 is 1.16 bits per heavy atom. The third kappa shape index (κ3) is 2.98. The number of para-hydroxylation sites is 1. The lowest BCUT2D eigenvalue weighted by atomic mass is 9.99. The van der Waals surface area contributed by atoms with Crippen LogP contribution < -0.4 is 5.32 Å². The Morgan fingerprint density at radius 2 is 1.84 bits per heavy atom. The molecule has 0 atom stereocenters. The first kappa shape index (κ1) is 16.7. The van der Waals surface area contributed by atoms with Gasteiger partial charge in [0.1, 0.15) is 0 Å². The normalized spacial score (nSPS) is 14.2. The van der Waals surface area contributed by atoms with Gasteiger partial charge in [0.15, 0.2) is 23.1 Å². The number of nitrogens with one attached hydrogen (secondary N) is 1. The van der Waals surface area contributed by atoms with Gasteiger partial charge in [-0.2, -0.15) is 13.2 Å². The SMILES string of the molecule is CC(=O)c1cc2c(o1)C(=O)C(Nc1ccccc1C(F)(F)F)=CC2=O. The van der Waals surface area contributed by atoms with Gasteiger partial charge < -0.3 is 9.73 Å². The molecule has 0 saturated carbocycles. The van der Waals surface area contributed by atoms with Crippen LogP contribution in [0.15, 0.2) is 46.5 Å². The van der Waals surface area contributed by atoms with Gasteiger partial charge in [0.05, 0.1) is 22.5 Å². The second-order valence-electron chi connectivity index (χ2n) is 5.33. The number of hydrogen-bond acceptors (Lipinski definition) is 5. The summed E-state index contributed by atoms with van der Waals surface area (Å²) in [4.78, 5) is 35.8. The molecule has 0 aliphatic heterocycles. The summed E-state index contributed by atoms with van der Waals surface area (Å²) in [5, 5.41) is 2.34. The van der Waals surface area contributed by atoms with Crippen molar-refractivity contribution in [2.45, 2.75) is 13.1 Å². The zero-order chi connectivity index (χ0) is 18.4. The lowest BCUT2D eigenvalue weighted by Crippen LogP contribution is -2.21. The van der Waals surface area contributed by atoms with Crippen LogP contribution >= 0.6 is 0 Å². The first-order chi connectivity index (χ1) is 11.7. The summed E-state index contributed by atoms with van der Waals surface area (Å²) in [5.74, 6) is -2.47. The summed E-state index contributed by atoms with van der Waals surface area (Å²) in [5.41, 5.74) is -1.81. The maximum Gasteiger partial charge on any atom is 0.418 e. The van der Waals surface area contributed by atoms with Crippen LogP contribution in [0.5, 0.6) is 0 Å². The van der Waals surface area contributed by atoms with Crippen LogP contribution in [0.1, 0.15) is 44.0 Å². The van der Waals surface area contributed by atoms with Crippen LogP contribution in [0, 0.1) is 0 Å². The Hall–Kier alpha value is -3.16. The van der Waals surface area contributed by atoms with Gasteiger partial charge in [-0.05, 0) is 18.2 Å². The van der Waals surface area contributed by atoms with E-state index in [0.717, 1.165) is 24.3 Å². The molecule has 0 unspecified atom stereocenters. The quantitative estimate of drug-likeness (QED) is 0.851. The van der Waals surface area contributed by atoms with Gasteiger partial charge in [-0.25, -0.2) is 0 Å². The molecule has 8 heteroatoms. The number of anilines is 1. The maximum absolute atomic E-state index is 13.0. The third-order valence-electron chi connectivity index (χ3n) is 3.57. The number of allylic oxidation sites excluding steroid dienone is 2. The van der Waals surface area contributed by atoms with Gasteiger partial charge in [0, 0.05) is 13.0 Å². The van der Waals surface area contributed by atoms with Crippen molar-refractivity contribution in [3.05, 3.63) is 64.8 Å². The fourth-order valence-electron chi connectivity index (χ4n) is 2.39. The zero-order valence-corrected chi connectivity index (χ0v) is 12.7. The summed E-state index contributed by atoms with van der Waals surface area (Å²) in [6, 6.07) is 5.71. The van der Waals surface area contributed by atoms with E-state index >= 15 is 0 Å². The number of furan rings is 1. The summed E-state index contributed by atoms with van der Waals surface area (Å²) in [7, 11) is 0. The van der Waals surface area contributed by atoms with E-state index in [0.29, 0.717) is 0 Å². The lowest BCUT2D eigenvalue weighted by Gasteiger charge is -2.17. The highest BCUT2D eigenvalue weighted by molar-refractivity contribution is 6.24. The van der Waals surface area contributed by atoms with Crippen molar-refractivity contribution in [1.29, 1.82) is 0 Å². The number of fused-ring (bicyclic) bond motifs is 1. The molecule has 25 heavy (non-hydrogen) atoms. The van der Waals surface area contributed by atoms with E-state index in [1.807, 2.05) is 0 Å². The van der Waals surface area contributed by atoms with E-state index in [1.165, 1.54) is 19.1 Å². The Balaban J connectivity index is 1.99. The molecule has 0 fully saturated rings. The molecule has 0 bridgehead atoms. The minimum Gasteiger partial charge on any atom is -0.449 e. The molecule has 1 N–H and O–H groups in total. The summed E-state index contributed by atoms with van der Waals surface area (Å²) in [6.07, 6.45) is -3.75. The molecule has 3 rings (SSSR count). The minimum atomic E-state index is -4.64. The Bertz CT molecular complexity index is 938. The molecule has 2 aromatic rings. The predicted octanol–water partition coefficient (Wildman–Crippen LogP) is 3.88. The van der Waals surface area contributed by atoms with E-state index in [-0.39, 0.29) is 28.5 Å². The fourth-order valence-corrected chi connectivity index (χ4v) is 2.39. The maximum atomic E-state index is 13.0. The average molecular weight is 349 g/mol. The Labute approximate surface area is 139 Å². The first-order valence-electron chi connectivity index (χ1n) is 7.07. The average Bonchev–Trinajstić information content (AvgIpc) is 2.98. The Morgan fingerprint density at radius 3 is 2.48 bits per heavy atom. The number of halogens is 3. The van der Waals surface area contributed by atoms with Crippen molar-refractivity contribution in [3.8, 4) is 0 Å². The topological polar surface area (TPSA) is 76.4 Å². The minimum absolute atomic E-state index is 0.0927. The van der Waals surface area contributed by atoms with Gasteiger partial charge in [0.25, 0.3) is 0 Å². The standard InChI is InChI=1S/C17H10F3NO4/c1-8(22)14-6-9-13(23)7-12(15(24)16(9)25-14)21-11-5-3-2-4-10(11)17(18,19)20/h2-7,21H,1H3. The van der Waals surface area contributed by atoms with Crippen molar-refractivity contribution >= 4 is 23.0 Å². The molecule has 0 saturated heterocycles. The van der Waals surface area contributed by atoms with Crippen molar-refractivity contribution in [2.24, 2.45) is 0 Å². The van der Waals surface area contributed by atoms with Gasteiger partial charge in [-0.15, -0.1) is 0 Å². The molecule has 0 amide bonds. The summed E-state index contributed by atoms with van der Waals surface area (Å²) >= 11 is 0. The van der Waals surface area contributed by atoms with E-state index in [4.69, 9.17) is 4.42 Å². The monoisotopic (exact) mass is 349 g/mol. The molecule has 1 aromatic heterocycles. The number of carbonyl (C=O) groups is 3. The number of benzene rings is 1. The van der Waals surface area contributed by atoms with Crippen molar-refractivity contribution < 1.29 is 32.0 Å². The largest absolute Gasteiger partial charge is 0.449 e. The van der Waals surface area contributed by atoms with E-state index in [1.54, 1.807) is 0 Å². The van der Waals surface area contributed by atoms with Gasteiger partial charge >= 0.3 is 6.18 Å². The van der Waals surface area contributed by atoms with Crippen molar-refractivity contribution in [1.82, 2.24) is 0 Å². The van der Waals surface area contributed by atoms with Gasteiger partial charge in [0.2, 0.25) is 5.78 Å². The molecule has 0 radical (unpaired) electrons. The number of carbonyl (C=O) groups excluding carboxylic acids is 3. The smallest absolute Gasteiger partial charge is 0.418 e. The van der Waals surface area contributed by atoms with Crippen LogP contribution in [-0.4, -0.2) is 17.3 Å². The summed E-state index contributed by atoms with van der Waals surface area (Å²) in [6.45, 7) is 1.20. The molecule has 1 aliphatic rings. The van der Waals surface area contributed by atoms with E-state index in [2.05, 4.69) is 5.32 Å². The van der Waals surface area contributed by atoms with Crippen LogP contribution in [0.4, 0.5) is 18.9 Å². The van der Waals surface area contributed by atoms with Crippen LogP contribution in [-0.2, 0) is 6.18 Å². The third-order valence-corrected chi connectivity index (χ3v) is 3.57. The van der Waals surface area contributed by atoms with E-state index in [9.17, 15) is 27.6 Å². The number of Topliss-reactive ketones (excluding diaryl/α,β-unsaturated/α-hetero) is 2. The van der Waals surface area contributed by atoms with Gasteiger partial charge in [-0.3, -0.25) is 14.4 Å². The molecular weight excluding hydrogens is 339 g/mol. The summed E-state index contributed by atoms with van der Waals surface area (Å²) < 4.78 is 44.2. The van der Waals surface area contributed by atoms with Crippen molar-refractivity contribution in [2.75, 3.05) is 5.32 Å². The molecule has 0 spiro atoms. The molecule has 5 nitrogen and oxygen atoms in total. The predicted molar refractivity (Wildman–Crippen MR) is 80.5 cm³/mol. The molecule has 1 aromatic carbocycles. The number of hydrogen-bond donors (Lipinski definition) is 1. The fraction of sp³-hybridized carbons (Fsp3) is 0.118. The van der Waals surface area contributed by atoms with Crippen LogP contribution in [0.3, 0.4) is 0 Å². The van der Waals surface area contributed by atoms with Crippen molar-refractivity contribution in [3.63, 3.8) is 0 Å². The van der Waals surface area contributed by atoms with Gasteiger partial charge in [-0.1, -0.05) is 12.1 Å². The highest BCUT2D eigenvalue weighted by Gasteiger charge is 2.35. The number of rotatable bonds is 3. The second-order valence-corrected chi connectivity index (χ2v) is 5.33. The molecule has 128 valence electrons.